The van der Waals surface area contributed by atoms with Crippen LogP contribution in [0.25, 0.3) is 11.6 Å². The van der Waals surface area contributed by atoms with Gasteiger partial charge in [-0.25, -0.2) is 4.98 Å². The van der Waals surface area contributed by atoms with Crippen molar-refractivity contribution in [3.63, 3.8) is 0 Å². The molecule has 2 aromatic carbocycles. The molecule has 0 atom stereocenters. The molecule has 5 nitrogen and oxygen atoms in total. The van der Waals surface area contributed by atoms with Gasteiger partial charge in [-0.05, 0) is 17.7 Å². The molecule has 2 amide bonds. The molecule has 0 spiro atoms. The summed E-state index contributed by atoms with van der Waals surface area (Å²) in [6.45, 7) is 0.655. The topological polar surface area (TPSA) is 64.0 Å². The lowest BCUT2D eigenvalue weighted by Crippen LogP contribution is -2.36. The minimum absolute atomic E-state index is 0.370. The number of benzene rings is 2. The summed E-state index contributed by atoms with van der Waals surface area (Å²) in [5.74, 6) is -0.110. The van der Waals surface area contributed by atoms with Crippen LogP contribution in [0.2, 0.25) is 0 Å². The van der Waals surface area contributed by atoms with Crippen LogP contribution in [0.5, 0.6) is 0 Å². The first kappa shape index (κ1) is 15.1. The molecule has 2 heterocycles. The van der Waals surface area contributed by atoms with Crippen LogP contribution in [0.3, 0.4) is 0 Å². The van der Waals surface area contributed by atoms with E-state index in [1.54, 1.807) is 30.5 Å². The van der Waals surface area contributed by atoms with E-state index < -0.39 is 5.91 Å². The predicted octanol–water partition coefficient (Wildman–Crippen LogP) is 2.74. The lowest BCUT2D eigenvalue weighted by Gasteiger charge is -2.18. The van der Waals surface area contributed by atoms with Gasteiger partial charge in [0.1, 0.15) is 5.82 Å². The maximum absolute atomic E-state index is 12.3. The smallest absolute Gasteiger partial charge is 0.258 e. The van der Waals surface area contributed by atoms with Gasteiger partial charge in [0.05, 0.1) is 5.57 Å². The summed E-state index contributed by atoms with van der Waals surface area (Å²) in [5.41, 5.74) is 2.71. The minimum Gasteiger partial charge on any atom is -0.327 e. The Bertz CT molecular complexity index is 987. The van der Waals surface area contributed by atoms with Crippen LogP contribution < -0.4 is 5.32 Å². The van der Waals surface area contributed by atoms with Crippen LogP contribution in [0.15, 0.2) is 67.0 Å². The number of hydrogen-bond donors (Lipinski definition) is 1. The SMILES string of the molecule is O=C1NC(=O)c2ccccc2/C1=C\c1nccn1Cc1ccccc1. The highest BCUT2D eigenvalue weighted by molar-refractivity contribution is 6.33. The lowest BCUT2D eigenvalue weighted by molar-refractivity contribution is -0.114. The zero-order valence-electron chi connectivity index (χ0n) is 13.3. The first-order valence-corrected chi connectivity index (χ1v) is 7.94. The summed E-state index contributed by atoms with van der Waals surface area (Å²) in [7, 11) is 0. The van der Waals surface area contributed by atoms with Crippen LogP contribution in [0.4, 0.5) is 0 Å². The number of hydrogen-bond acceptors (Lipinski definition) is 3. The summed E-state index contributed by atoms with van der Waals surface area (Å²) in [5, 5.41) is 2.38. The quantitative estimate of drug-likeness (QED) is 0.593. The van der Waals surface area contributed by atoms with Crippen molar-refractivity contribution in [2.24, 2.45) is 0 Å². The van der Waals surface area contributed by atoms with Crippen LogP contribution >= 0.6 is 0 Å². The second kappa shape index (κ2) is 6.20. The zero-order valence-corrected chi connectivity index (χ0v) is 13.3. The second-order valence-electron chi connectivity index (χ2n) is 5.79. The Hall–Kier alpha value is -3.47. The fraction of sp³-hybridized carbons (Fsp3) is 0.0500. The van der Waals surface area contributed by atoms with Crippen molar-refractivity contribution in [1.29, 1.82) is 0 Å². The number of imidazole rings is 1. The van der Waals surface area contributed by atoms with Gasteiger partial charge in [0, 0.05) is 30.1 Å². The summed E-state index contributed by atoms with van der Waals surface area (Å²) in [6, 6.07) is 17.1. The Morgan fingerprint density at radius 3 is 2.44 bits per heavy atom. The average Bonchev–Trinajstić information content (AvgIpc) is 3.06. The molecule has 1 aliphatic rings. The van der Waals surface area contributed by atoms with Crippen LogP contribution in [-0.2, 0) is 11.3 Å². The molecule has 122 valence electrons. The molecule has 0 unspecified atom stereocenters. The molecule has 1 aliphatic heterocycles. The number of carbonyl (C=O) groups excluding carboxylic acids is 2. The first-order valence-electron chi connectivity index (χ1n) is 7.94. The van der Waals surface area contributed by atoms with Gasteiger partial charge in [-0.15, -0.1) is 0 Å². The van der Waals surface area contributed by atoms with Crippen molar-refractivity contribution in [3.8, 4) is 0 Å². The van der Waals surface area contributed by atoms with E-state index >= 15 is 0 Å². The van der Waals surface area contributed by atoms with Gasteiger partial charge in [-0.3, -0.25) is 14.9 Å². The van der Waals surface area contributed by atoms with Gasteiger partial charge in [-0.1, -0.05) is 48.5 Å². The number of nitrogens with one attached hydrogen (secondary N) is 1. The number of carbonyl (C=O) groups is 2. The number of rotatable bonds is 3. The van der Waals surface area contributed by atoms with Crippen molar-refractivity contribution in [1.82, 2.24) is 14.9 Å². The van der Waals surface area contributed by atoms with Crippen molar-refractivity contribution in [3.05, 3.63) is 89.5 Å². The fourth-order valence-electron chi connectivity index (χ4n) is 2.92. The molecule has 0 aliphatic carbocycles. The molecule has 0 bridgehead atoms. The monoisotopic (exact) mass is 329 g/mol. The molecule has 0 radical (unpaired) electrons. The number of fused-ring (bicyclic) bond motifs is 1. The van der Waals surface area contributed by atoms with E-state index in [1.165, 1.54) is 0 Å². The van der Waals surface area contributed by atoms with E-state index in [1.807, 2.05) is 47.2 Å². The fourth-order valence-corrected chi connectivity index (χ4v) is 2.92. The maximum atomic E-state index is 12.3. The van der Waals surface area contributed by atoms with Crippen molar-refractivity contribution < 1.29 is 9.59 Å². The van der Waals surface area contributed by atoms with Crippen LogP contribution in [0, 0.1) is 0 Å². The molecule has 1 N–H and O–H groups in total. The molecular weight excluding hydrogens is 314 g/mol. The van der Waals surface area contributed by atoms with Crippen molar-refractivity contribution in [2.45, 2.75) is 6.54 Å². The standard InChI is InChI=1S/C20H15N3O2/c24-19-16-9-5-4-8-15(16)17(20(25)22-19)12-18-21-10-11-23(18)13-14-6-2-1-3-7-14/h1-12H,13H2,(H,22,24,25)/b17-12+. The highest BCUT2D eigenvalue weighted by atomic mass is 16.2. The molecule has 5 heteroatoms. The van der Waals surface area contributed by atoms with Gasteiger partial charge in [-0.2, -0.15) is 0 Å². The largest absolute Gasteiger partial charge is 0.327 e. The molecule has 0 saturated heterocycles. The minimum atomic E-state index is -0.405. The number of amides is 2. The Balaban J connectivity index is 1.75. The van der Waals surface area contributed by atoms with Gasteiger partial charge < -0.3 is 4.57 Å². The first-order chi connectivity index (χ1) is 12.2. The van der Waals surface area contributed by atoms with Crippen molar-refractivity contribution >= 4 is 23.5 Å². The molecule has 4 rings (SSSR count). The van der Waals surface area contributed by atoms with Crippen LogP contribution in [-0.4, -0.2) is 21.4 Å². The third-order valence-electron chi connectivity index (χ3n) is 4.15. The summed E-state index contributed by atoms with van der Waals surface area (Å²) < 4.78 is 1.97. The zero-order chi connectivity index (χ0) is 17.2. The molecular formula is C20H15N3O2. The van der Waals surface area contributed by atoms with Gasteiger partial charge in [0.2, 0.25) is 0 Å². The normalized spacial score (nSPS) is 15.1. The summed E-state index contributed by atoms with van der Waals surface area (Å²) in [4.78, 5) is 28.7. The maximum Gasteiger partial charge on any atom is 0.258 e. The van der Waals surface area contributed by atoms with E-state index in [4.69, 9.17) is 0 Å². The molecule has 0 saturated carbocycles. The number of imide groups is 1. The second-order valence-corrected chi connectivity index (χ2v) is 5.79. The summed E-state index contributed by atoms with van der Waals surface area (Å²) >= 11 is 0. The van der Waals surface area contributed by atoms with E-state index in [0.29, 0.717) is 29.1 Å². The van der Waals surface area contributed by atoms with Gasteiger partial charge >= 0.3 is 0 Å². The average molecular weight is 329 g/mol. The van der Waals surface area contributed by atoms with E-state index in [2.05, 4.69) is 10.3 Å². The van der Waals surface area contributed by atoms with Gasteiger partial charge in [0.25, 0.3) is 11.8 Å². The molecule has 25 heavy (non-hydrogen) atoms. The molecule has 0 fully saturated rings. The third-order valence-corrected chi connectivity index (χ3v) is 4.15. The molecule has 3 aromatic rings. The Morgan fingerprint density at radius 2 is 1.64 bits per heavy atom. The molecule has 1 aromatic heterocycles. The highest BCUT2D eigenvalue weighted by Crippen LogP contribution is 2.25. The lowest BCUT2D eigenvalue weighted by atomic mass is 9.94. The number of aromatic nitrogens is 2. The highest BCUT2D eigenvalue weighted by Gasteiger charge is 2.27. The van der Waals surface area contributed by atoms with E-state index in [9.17, 15) is 9.59 Å². The van der Waals surface area contributed by atoms with Crippen molar-refractivity contribution in [2.75, 3.05) is 0 Å². The Labute approximate surface area is 144 Å². The van der Waals surface area contributed by atoms with E-state index in [-0.39, 0.29) is 5.91 Å². The Kier molecular flexibility index (Phi) is 3.74. The Morgan fingerprint density at radius 1 is 0.920 bits per heavy atom. The predicted molar refractivity (Wildman–Crippen MR) is 94.6 cm³/mol. The van der Waals surface area contributed by atoms with E-state index in [0.717, 1.165) is 5.56 Å². The number of nitrogens with zero attached hydrogens (tertiary/aromatic N) is 2. The van der Waals surface area contributed by atoms with Gasteiger partial charge in [0.15, 0.2) is 0 Å². The third kappa shape index (κ3) is 2.87. The summed E-state index contributed by atoms with van der Waals surface area (Å²) in [6.07, 6.45) is 5.30. The van der Waals surface area contributed by atoms with Crippen LogP contribution in [0.1, 0.15) is 27.3 Å².